The van der Waals surface area contributed by atoms with Crippen LogP contribution in [0.5, 0.6) is 11.5 Å². The Hall–Kier alpha value is -4.08. The molecule has 1 fully saturated rings. The Labute approximate surface area is 183 Å². The van der Waals surface area contributed by atoms with Crippen molar-refractivity contribution < 1.29 is 28.7 Å². The predicted octanol–water partition coefficient (Wildman–Crippen LogP) is 1.27. The number of fused-ring (bicyclic) bond motifs is 1. The van der Waals surface area contributed by atoms with Crippen LogP contribution in [0, 0.1) is 0 Å². The molecule has 0 radical (unpaired) electrons. The van der Waals surface area contributed by atoms with Gasteiger partial charge < -0.3 is 25.4 Å². The van der Waals surface area contributed by atoms with E-state index in [0.717, 1.165) is 10.5 Å². The second-order valence-corrected chi connectivity index (χ2v) is 7.72. The van der Waals surface area contributed by atoms with Crippen LogP contribution in [0.15, 0.2) is 42.5 Å². The monoisotopic (exact) mass is 438 g/mol. The van der Waals surface area contributed by atoms with Crippen molar-refractivity contribution in [2.75, 3.05) is 25.7 Å². The summed E-state index contributed by atoms with van der Waals surface area (Å²) >= 11 is 0. The van der Waals surface area contributed by atoms with Crippen LogP contribution in [0.3, 0.4) is 0 Å². The van der Waals surface area contributed by atoms with Crippen molar-refractivity contribution in [2.45, 2.75) is 18.9 Å². The van der Waals surface area contributed by atoms with Crippen molar-refractivity contribution >= 4 is 29.4 Å². The summed E-state index contributed by atoms with van der Waals surface area (Å²) < 4.78 is 10.7. The molecular weight excluding hydrogens is 416 g/mol. The van der Waals surface area contributed by atoms with Gasteiger partial charge in [-0.25, -0.2) is 4.79 Å². The third-order valence-electron chi connectivity index (χ3n) is 5.30. The van der Waals surface area contributed by atoms with Gasteiger partial charge in [-0.15, -0.1) is 0 Å². The zero-order valence-corrected chi connectivity index (χ0v) is 17.6. The molecule has 2 aliphatic rings. The second kappa shape index (κ2) is 8.22. The number of nitrogens with zero attached hydrogens (tertiary/aromatic N) is 1. The molecule has 10 nitrogen and oxygen atoms in total. The molecular formula is C22H22N4O6. The number of carbonyl (C=O) groups is 4. The molecule has 0 unspecified atom stereocenters. The Morgan fingerprint density at radius 3 is 2.53 bits per heavy atom. The molecule has 0 bridgehead atoms. The number of amides is 5. The number of hydrogen-bond donors (Lipinski definition) is 3. The number of benzene rings is 2. The SMILES string of the molecule is CNC(=O)c1ccc(NC(=O)CN2C(=O)N[C@](C)(Cc3ccc4c(c3)OCO4)C2=O)cc1. The summed E-state index contributed by atoms with van der Waals surface area (Å²) in [5.74, 6) is -0.0633. The van der Waals surface area contributed by atoms with E-state index in [4.69, 9.17) is 9.47 Å². The van der Waals surface area contributed by atoms with Gasteiger partial charge in [0.1, 0.15) is 12.1 Å². The smallest absolute Gasteiger partial charge is 0.325 e. The first kappa shape index (κ1) is 21.2. The van der Waals surface area contributed by atoms with Crippen molar-refractivity contribution in [1.82, 2.24) is 15.5 Å². The van der Waals surface area contributed by atoms with E-state index in [1.807, 2.05) is 0 Å². The van der Waals surface area contributed by atoms with Crippen LogP contribution in [-0.2, 0) is 16.0 Å². The molecule has 0 aromatic heterocycles. The number of ether oxygens (including phenoxy) is 2. The first-order valence-corrected chi connectivity index (χ1v) is 9.94. The zero-order chi connectivity index (χ0) is 22.9. The average molecular weight is 438 g/mol. The van der Waals surface area contributed by atoms with Crippen LogP contribution in [0.2, 0.25) is 0 Å². The van der Waals surface area contributed by atoms with Gasteiger partial charge in [0.15, 0.2) is 11.5 Å². The lowest BCUT2D eigenvalue weighted by Crippen LogP contribution is -2.46. The van der Waals surface area contributed by atoms with E-state index >= 15 is 0 Å². The van der Waals surface area contributed by atoms with E-state index in [9.17, 15) is 19.2 Å². The van der Waals surface area contributed by atoms with E-state index in [1.165, 1.54) is 7.05 Å². The Balaban J connectivity index is 1.40. The first-order valence-electron chi connectivity index (χ1n) is 9.94. The number of nitrogens with one attached hydrogen (secondary N) is 3. The van der Waals surface area contributed by atoms with Gasteiger partial charge in [-0.1, -0.05) is 6.07 Å². The molecule has 2 aliphatic heterocycles. The maximum absolute atomic E-state index is 13.0. The van der Waals surface area contributed by atoms with Crippen LogP contribution in [-0.4, -0.2) is 54.6 Å². The first-order chi connectivity index (χ1) is 15.3. The van der Waals surface area contributed by atoms with Gasteiger partial charge in [-0.3, -0.25) is 19.3 Å². The van der Waals surface area contributed by atoms with Crippen LogP contribution < -0.4 is 25.4 Å². The minimum Gasteiger partial charge on any atom is -0.454 e. The fourth-order valence-corrected chi connectivity index (χ4v) is 3.66. The molecule has 32 heavy (non-hydrogen) atoms. The van der Waals surface area contributed by atoms with Gasteiger partial charge in [0, 0.05) is 24.7 Å². The fraction of sp³-hybridized carbons (Fsp3) is 0.273. The number of anilines is 1. The summed E-state index contributed by atoms with van der Waals surface area (Å²) in [5, 5.41) is 7.82. The van der Waals surface area contributed by atoms with Crippen molar-refractivity contribution in [3.63, 3.8) is 0 Å². The lowest BCUT2D eigenvalue weighted by molar-refractivity contribution is -0.133. The van der Waals surface area contributed by atoms with E-state index < -0.39 is 29.9 Å². The van der Waals surface area contributed by atoms with Crippen molar-refractivity contribution in [2.24, 2.45) is 0 Å². The van der Waals surface area contributed by atoms with Gasteiger partial charge in [-0.05, 0) is 48.9 Å². The molecule has 166 valence electrons. The van der Waals surface area contributed by atoms with Crippen molar-refractivity contribution in [3.05, 3.63) is 53.6 Å². The number of hydrogen-bond acceptors (Lipinski definition) is 6. The molecule has 3 N–H and O–H groups in total. The van der Waals surface area contributed by atoms with Crippen molar-refractivity contribution in [1.29, 1.82) is 0 Å². The minimum absolute atomic E-state index is 0.142. The van der Waals surface area contributed by atoms with Gasteiger partial charge in [-0.2, -0.15) is 0 Å². The molecule has 2 heterocycles. The largest absolute Gasteiger partial charge is 0.454 e. The van der Waals surface area contributed by atoms with E-state index in [-0.39, 0.29) is 19.1 Å². The summed E-state index contributed by atoms with van der Waals surface area (Å²) in [7, 11) is 1.52. The molecule has 0 spiro atoms. The molecule has 4 rings (SSSR count). The minimum atomic E-state index is -1.19. The maximum atomic E-state index is 13.0. The van der Waals surface area contributed by atoms with Gasteiger partial charge >= 0.3 is 6.03 Å². The average Bonchev–Trinajstić information content (AvgIpc) is 3.31. The second-order valence-electron chi connectivity index (χ2n) is 7.72. The fourth-order valence-electron chi connectivity index (χ4n) is 3.66. The predicted molar refractivity (Wildman–Crippen MR) is 113 cm³/mol. The lowest BCUT2D eigenvalue weighted by atomic mass is 9.92. The topological polar surface area (TPSA) is 126 Å². The van der Waals surface area contributed by atoms with Crippen LogP contribution in [0.1, 0.15) is 22.8 Å². The summed E-state index contributed by atoms with van der Waals surface area (Å²) in [5.41, 5.74) is 0.477. The zero-order valence-electron chi connectivity index (χ0n) is 17.6. The highest BCUT2D eigenvalue weighted by atomic mass is 16.7. The number of rotatable bonds is 6. The van der Waals surface area contributed by atoms with E-state index in [2.05, 4.69) is 16.0 Å². The third-order valence-corrected chi connectivity index (χ3v) is 5.30. The number of imide groups is 1. The molecule has 2 aromatic rings. The number of urea groups is 1. The Kier molecular flexibility index (Phi) is 5.43. The molecule has 2 aromatic carbocycles. The van der Waals surface area contributed by atoms with Crippen LogP contribution >= 0.6 is 0 Å². The quantitative estimate of drug-likeness (QED) is 0.583. The summed E-state index contributed by atoms with van der Waals surface area (Å²) in [4.78, 5) is 50.3. The summed E-state index contributed by atoms with van der Waals surface area (Å²) in [6.07, 6.45) is 0.229. The lowest BCUT2D eigenvalue weighted by Gasteiger charge is -2.22. The molecule has 5 amide bonds. The molecule has 0 aliphatic carbocycles. The Morgan fingerprint density at radius 2 is 1.81 bits per heavy atom. The highest BCUT2D eigenvalue weighted by Crippen LogP contribution is 2.34. The third kappa shape index (κ3) is 4.07. The van der Waals surface area contributed by atoms with Gasteiger partial charge in [0.25, 0.3) is 11.8 Å². The highest BCUT2D eigenvalue weighted by molar-refractivity contribution is 6.10. The van der Waals surface area contributed by atoms with Crippen LogP contribution in [0.25, 0.3) is 0 Å². The van der Waals surface area contributed by atoms with Crippen molar-refractivity contribution in [3.8, 4) is 11.5 Å². The maximum Gasteiger partial charge on any atom is 0.325 e. The Morgan fingerprint density at radius 1 is 1.09 bits per heavy atom. The molecule has 10 heteroatoms. The van der Waals surface area contributed by atoms with Gasteiger partial charge in [0.2, 0.25) is 12.7 Å². The molecule has 1 atom stereocenters. The molecule has 0 saturated carbocycles. The highest BCUT2D eigenvalue weighted by Gasteiger charge is 2.48. The van der Waals surface area contributed by atoms with Crippen LogP contribution in [0.4, 0.5) is 10.5 Å². The molecule has 1 saturated heterocycles. The normalized spacial score (nSPS) is 19.0. The summed E-state index contributed by atoms with van der Waals surface area (Å²) in [6, 6.07) is 10.9. The van der Waals surface area contributed by atoms with Gasteiger partial charge in [0.05, 0.1) is 0 Å². The standard InChI is InChI=1S/C22H22N4O6/c1-22(10-13-3-8-16-17(9-13)32-12-31-16)20(29)26(21(30)25-22)11-18(27)24-15-6-4-14(5-7-15)19(28)23-2/h3-9H,10-12H2,1-2H3,(H,23,28)(H,24,27)(H,25,30)/t22-/m1/s1. The number of carbonyl (C=O) groups excluding carboxylic acids is 4. The van der Waals surface area contributed by atoms with E-state index in [1.54, 1.807) is 49.4 Å². The van der Waals surface area contributed by atoms with E-state index in [0.29, 0.717) is 22.7 Å². The summed E-state index contributed by atoms with van der Waals surface area (Å²) in [6.45, 7) is 1.33. The Bertz CT molecular complexity index is 1100.